The number of thioether (sulfide) groups is 1. The fraction of sp³-hybridized carbons (Fsp3) is 0.538. The van der Waals surface area contributed by atoms with Crippen LogP contribution in [0, 0.1) is 11.7 Å². The Hall–Kier alpha value is -1.58. The summed E-state index contributed by atoms with van der Waals surface area (Å²) in [6.07, 6.45) is -1.58. The van der Waals surface area contributed by atoms with Crippen LogP contribution in [0.15, 0.2) is 42.5 Å². The smallest absolute Gasteiger partial charge is 0.248 e. The van der Waals surface area contributed by atoms with E-state index in [0.29, 0.717) is 24.0 Å². The van der Waals surface area contributed by atoms with Gasteiger partial charge in [-0.15, -0.1) is 11.8 Å². The molecule has 3 N–H and O–H groups in total. The molecule has 7 atom stereocenters. The highest BCUT2D eigenvalue weighted by molar-refractivity contribution is 7.99. The summed E-state index contributed by atoms with van der Waals surface area (Å²) in [4.78, 5) is 0. The van der Waals surface area contributed by atoms with Gasteiger partial charge in [-0.3, -0.25) is 0 Å². The maximum atomic E-state index is 14.6. The summed E-state index contributed by atoms with van der Waals surface area (Å²) in [5.74, 6) is -2.90. The van der Waals surface area contributed by atoms with Gasteiger partial charge >= 0.3 is 0 Å². The van der Waals surface area contributed by atoms with Crippen LogP contribution in [-0.2, 0) is 16.6 Å². The lowest BCUT2D eigenvalue weighted by Crippen LogP contribution is -2.52. The second-order valence-corrected chi connectivity index (χ2v) is 10.9. The summed E-state index contributed by atoms with van der Waals surface area (Å²) in [5.41, 5.74) is 2.07. The summed E-state index contributed by atoms with van der Waals surface area (Å²) in [5, 5.41) is 30.7. The number of hydrogen-bond acceptors (Lipinski definition) is 5. The fourth-order valence-corrected chi connectivity index (χ4v) is 6.39. The van der Waals surface area contributed by atoms with Gasteiger partial charge in [-0.2, -0.15) is 0 Å². The van der Waals surface area contributed by atoms with E-state index in [2.05, 4.69) is 0 Å². The van der Waals surface area contributed by atoms with Crippen molar-refractivity contribution in [3.63, 3.8) is 0 Å². The van der Waals surface area contributed by atoms with Gasteiger partial charge in [-0.25, -0.2) is 13.2 Å². The number of aliphatic hydroxyl groups is 3. The molecular weight excluding hydrogens is 465 g/mol. The molecule has 0 amide bonds. The van der Waals surface area contributed by atoms with Crippen molar-refractivity contribution in [2.45, 2.75) is 73.3 Å². The molecule has 0 bridgehead atoms. The minimum atomic E-state index is -2.55. The number of ether oxygens (including phenoxy) is 1. The Morgan fingerprint density at radius 1 is 0.971 bits per heavy atom. The lowest BCUT2D eigenvalue weighted by atomic mass is 9.81. The van der Waals surface area contributed by atoms with E-state index in [0.717, 1.165) is 17.5 Å². The van der Waals surface area contributed by atoms with Gasteiger partial charge in [0, 0.05) is 19.3 Å². The van der Waals surface area contributed by atoms with Gasteiger partial charge in [0.2, 0.25) is 5.92 Å². The first-order valence-corrected chi connectivity index (χ1v) is 12.9. The van der Waals surface area contributed by atoms with E-state index in [1.807, 2.05) is 24.3 Å². The molecule has 5 rings (SSSR count). The van der Waals surface area contributed by atoms with Crippen LogP contribution in [0.5, 0.6) is 0 Å². The number of alkyl halides is 2. The molecule has 1 saturated heterocycles. The Labute approximate surface area is 201 Å². The highest BCUT2D eigenvalue weighted by atomic mass is 32.2. The van der Waals surface area contributed by atoms with E-state index in [1.54, 1.807) is 12.3 Å². The van der Waals surface area contributed by atoms with Crippen molar-refractivity contribution in [1.29, 1.82) is 0 Å². The summed E-state index contributed by atoms with van der Waals surface area (Å²) in [7, 11) is 0. The SMILES string of the molecule is CS[C@H]1OC(c2ccc(F)c(Cc3ccc([C@@]45CCC(F)(F)C[C@@H]4C5)cc3)c2)[C@H](O)[C@@H](O)[C@@H]1O. The predicted octanol–water partition coefficient (Wildman–Crippen LogP) is 4.34. The fourth-order valence-electron chi connectivity index (χ4n) is 5.72. The second kappa shape index (κ2) is 8.82. The molecule has 0 radical (unpaired) electrons. The largest absolute Gasteiger partial charge is 0.387 e. The molecule has 0 spiro atoms. The van der Waals surface area contributed by atoms with Gasteiger partial charge in [0.05, 0.1) is 0 Å². The van der Waals surface area contributed by atoms with Gasteiger partial charge in [0.1, 0.15) is 35.7 Å². The van der Waals surface area contributed by atoms with Crippen LogP contribution >= 0.6 is 11.8 Å². The third kappa shape index (κ3) is 4.28. The van der Waals surface area contributed by atoms with Gasteiger partial charge in [0.15, 0.2) is 0 Å². The normalized spacial score (nSPS) is 36.7. The number of hydrogen-bond donors (Lipinski definition) is 3. The zero-order valence-corrected chi connectivity index (χ0v) is 19.6. The second-order valence-electron chi connectivity index (χ2n) is 9.97. The molecule has 1 unspecified atom stereocenters. The van der Waals surface area contributed by atoms with Crippen LogP contribution in [0.1, 0.15) is 54.0 Å². The third-order valence-corrected chi connectivity index (χ3v) is 8.69. The average molecular weight is 495 g/mol. The van der Waals surface area contributed by atoms with E-state index < -0.39 is 41.6 Å². The molecule has 2 aromatic carbocycles. The molecule has 1 heterocycles. The Morgan fingerprint density at radius 3 is 2.38 bits per heavy atom. The Kier molecular flexibility index (Phi) is 6.26. The van der Waals surface area contributed by atoms with Crippen molar-refractivity contribution in [2.24, 2.45) is 5.92 Å². The van der Waals surface area contributed by atoms with E-state index in [1.165, 1.54) is 23.9 Å². The Balaban J connectivity index is 1.32. The van der Waals surface area contributed by atoms with Crippen LogP contribution in [-0.4, -0.2) is 51.2 Å². The van der Waals surface area contributed by atoms with Crippen molar-refractivity contribution in [2.75, 3.05) is 6.26 Å². The molecule has 0 aromatic heterocycles. The lowest BCUT2D eigenvalue weighted by molar-refractivity contribution is -0.200. The average Bonchev–Trinajstić information content (AvgIpc) is 3.53. The number of benzene rings is 2. The molecular formula is C26H29F3O4S. The predicted molar refractivity (Wildman–Crippen MR) is 123 cm³/mol. The molecule has 2 aromatic rings. The zero-order chi connectivity index (χ0) is 24.3. The molecule has 2 saturated carbocycles. The minimum absolute atomic E-state index is 0.0367. The first-order valence-electron chi connectivity index (χ1n) is 11.6. The molecule has 34 heavy (non-hydrogen) atoms. The first kappa shape index (κ1) is 24.1. The maximum Gasteiger partial charge on any atom is 0.248 e. The highest BCUT2D eigenvalue weighted by Gasteiger charge is 2.61. The number of halogens is 3. The quantitative estimate of drug-likeness (QED) is 0.577. The molecule has 3 aliphatic rings. The number of rotatable bonds is 5. The van der Waals surface area contributed by atoms with Gasteiger partial charge in [0.25, 0.3) is 0 Å². The van der Waals surface area contributed by atoms with Crippen molar-refractivity contribution < 1.29 is 33.2 Å². The summed E-state index contributed by atoms with van der Waals surface area (Å²) in [6.45, 7) is 0. The van der Waals surface area contributed by atoms with Gasteiger partial charge < -0.3 is 20.1 Å². The standard InChI is InChI=1S/C26H29F3O4S/c1-34-24-22(32)20(30)21(31)23(33-24)15-4-7-19(27)16(11-15)10-14-2-5-17(6-3-14)25-8-9-26(28,29)13-18(25)12-25/h2-7,11,18,20-24,30-32H,8-10,12-13H2,1H3/t18-,20+,21+,22-,23?,24+,25-/m0/s1. The van der Waals surface area contributed by atoms with E-state index in [9.17, 15) is 28.5 Å². The molecule has 184 valence electrons. The van der Waals surface area contributed by atoms with Crippen LogP contribution in [0.2, 0.25) is 0 Å². The van der Waals surface area contributed by atoms with Gasteiger partial charge in [-0.05, 0) is 64.8 Å². The van der Waals surface area contributed by atoms with Crippen LogP contribution in [0.25, 0.3) is 0 Å². The number of fused-ring (bicyclic) bond motifs is 1. The third-order valence-electron chi connectivity index (χ3n) is 7.84. The minimum Gasteiger partial charge on any atom is -0.387 e. The van der Waals surface area contributed by atoms with Crippen molar-refractivity contribution in [3.05, 3.63) is 70.5 Å². The summed E-state index contributed by atoms with van der Waals surface area (Å²) >= 11 is 1.22. The van der Waals surface area contributed by atoms with Crippen LogP contribution < -0.4 is 0 Å². The molecule has 3 fully saturated rings. The van der Waals surface area contributed by atoms with Crippen molar-refractivity contribution in [1.82, 2.24) is 0 Å². The van der Waals surface area contributed by atoms with Crippen molar-refractivity contribution in [3.8, 4) is 0 Å². The molecule has 4 nitrogen and oxygen atoms in total. The highest BCUT2D eigenvalue weighted by Crippen LogP contribution is 2.65. The molecule has 1 aliphatic heterocycles. The summed E-state index contributed by atoms with van der Waals surface area (Å²) in [6, 6.07) is 12.3. The lowest BCUT2D eigenvalue weighted by Gasteiger charge is -2.40. The van der Waals surface area contributed by atoms with E-state index in [-0.39, 0.29) is 24.2 Å². The van der Waals surface area contributed by atoms with E-state index in [4.69, 9.17) is 4.74 Å². The van der Waals surface area contributed by atoms with E-state index >= 15 is 0 Å². The maximum absolute atomic E-state index is 14.6. The Morgan fingerprint density at radius 2 is 1.71 bits per heavy atom. The zero-order valence-electron chi connectivity index (χ0n) is 18.8. The first-order chi connectivity index (χ1) is 16.1. The van der Waals surface area contributed by atoms with Crippen LogP contribution in [0.4, 0.5) is 13.2 Å². The topological polar surface area (TPSA) is 69.9 Å². The monoisotopic (exact) mass is 494 g/mol. The molecule has 8 heteroatoms. The van der Waals surface area contributed by atoms with Crippen LogP contribution in [0.3, 0.4) is 0 Å². The number of aliphatic hydroxyl groups excluding tert-OH is 3. The Bertz CT molecular complexity index is 1050. The van der Waals surface area contributed by atoms with Crippen molar-refractivity contribution >= 4 is 11.8 Å². The molecule has 2 aliphatic carbocycles. The van der Waals surface area contributed by atoms with Gasteiger partial charge in [-0.1, -0.05) is 30.3 Å². The summed E-state index contributed by atoms with van der Waals surface area (Å²) < 4.78 is 47.8.